The van der Waals surface area contributed by atoms with Crippen LogP contribution in [0.1, 0.15) is 18.6 Å². The van der Waals surface area contributed by atoms with Gasteiger partial charge in [0.25, 0.3) is 0 Å². The summed E-state index contributed by atoms with van der Waals surface area (Å²) in [6.07, 6.45) is 2.47. The number of carbonyl (C=O) groups is 2. The number of ether oxygens (including phenoxy) is 1. The molecule has 33 heavy (non-hydrogen) atoms. The smallest absolute Gasteiger partial charge is 0.336 e. The number of aliphatic hydroxyl groups is 1. The zero-order valence-electron chi connectivity index (χ0n) is 18.1. The molecule has 12 heteroatoms. The van der Waals surface area contributed by atoms with E-state index in [9.17, 15) is 14.7 Å². The number of aliphatic hydroxyl groups excluding tert-OH is 1. The minimum absolute atomic E-state index is 0.0256. The molecule has 3 aliphatic heterocycles. The van der Waals surface area contributed by atoms with Gasteiger partial charge in [0.1, 0.15) is 12.9 Å². The normalized spacial score (nSPS) is 28.0. The minimum atomic E-state index is -0.643. The molecule has 1 aliphatic carbocycles. The molecule has 2 aromatic heterocycles. The summed E-state index contributed by atoms with van der Waals surface area (Å²) in [4.78, 5) is 34.9. The first-order valence-electron chi connectivity index (χ1n) is 11.1. The molecule has 0 aromatic carbocycles. The molecule has 1 saturated carbocycles. The van der Waals surface area contributed by atoms with Crippen LogP contribution in [0.25, 0.3) is 5.82 Å². The Morgan fingerprint density at radius 3 is 2.67 bits per heavy atom. The number of β-amino-alcohol motifs (C(OH)–C–C–N with tert-alkyl or cyclic N) is 1. The largest absolute Gasteiger partial charge is 0.456 e. The quantitative estimate of drug-likeness (QED) is 0.581. The van der Waals surface area contributed by atoms with Crippen LogP contribution in [0.15, 0.2) is 35.9 Å². The van der Waals surface area contributed by atoms with E-state index in [0.29, 0.717) is 48.6 Å². The number of carbonyl (C=O) groups excluding carboxylic acids is 2. The number of fused-ring (bicyclic) bond motifs is 1. The number of nitrogens with zero attached hydrogens (tertiary/aromatic N) is 8. The van der Waals surface area contributed by atoms with Gasteiger partial charge in [0.05, 0.1) is 17.4 Å². The lowest BCUT2D eigenvalue weighted by Gasteiger charge is -2.26. The maximum Gasteiger partial charge on any atom is 0.336 e. The SMILES string of the molecule is CC1=C(N2CCN(C3C4CN(C[C@H](O)c5ccc(-n6cnnn6)nc5)CC43)C2=O)COC1=O. The van der Waals surface area contributed by atoms with E-state index in [4.69, 9.17) is 4.74 Å². The van der Waals surface area contributed by atoms with E-state index in [1.54, 1.807) is 24.1 Å². The second-order valence-corrected chi connectivity index (χ2v) is 9.03. The van der Waals surface area contributed by atoms with Crippen molar-refractivity contribution in [2.24, 2.45) is 11.8 Å². The van der Waals surface area contributed by atoms with E-state index < -0.39 is 6.10 Å². The first-order valence-corrected chi connectivity index (χ1v) is 11.1. The van der Waals surface area contributed by atoms with Crippen molar-refractivity contribution in [2.45, 2.75) is 19.1 Å². The average Bonchev–Trinajstić information content (AvgIpc) is 3.38. The highest BCUT2D eigenvalue weighted by atomic mass is 16.5. The molecule has 0 radical (unpaired) electrons. The van der Waals surface area contributed by atoms with Crippen LogP contribution in [-0.4, -0.2) is 102 Å². The maximum absolute atomic E-state index is 13.0. The summed E-state index contributed by atoms with van der Waals surface area (Å²) in [7, 11) is 0. The van der Waals surface area contributed by atoms with Gasteiger partial charge in [0, 0.05) is 50.5 Å². The topological polar surface area (TPSA) is 130 Å². The minimum Gasteiger partial charge on any atom is -0.456 e. The number of cyclic esters (lactones) is 1. The summed E-state index contributed by atoms with van der Waals surface area (Å²) < 4.78 is 6.53. The van der Waals surface area contributed by atoms with Crippen molar-refractivity contribution < 1.29 is 19.4 Å². The number of likely N-dealkylation sites (tertiary alicyclic amines) is 1. The lowest BCUT2D eigenvalue weighted by Crippen LogP contribution is -2.39. The molecule has 172 valence electrons. The number of pyridine rings is 1. The van der Waals surface area contributed by atoms with E-state index in [1.807, 2.05) is 11.0 Å². The summed E-state index contributed by atoms with van der Waals surface area (Å²) in [5.41, 5.74) is 1.97. The first kappa shape index (κ1) is 20.2. The number of aromatic nitrogens is 5. The number of piperidine rings is 1. The van der Waals surface area contributed by atoms with E-state index in [0.717, 1.165) is 18.7 Å². The molecule has 1 N–H and O–H groups in total. The van der Waals surface area contributed by atoms with Crippen LogP contribution in [-0.2, 0) is 9.53 Å². The third kappa shape index (κ3) is 3.37. The molecule has 2 saturated heterocycles. The standard InChI is InChI=1S/C21H24N8O4/c1-12-16(10-33-20(12)31)27-4-5-28(21(27)32)19-14-7-26(8-15(14)19)9-17(30)13-2-3-18(22-6-13)29-11-23-24-25-29/h2-3,6,11,14-15,17,19,30H,4-5,7-10H2,1H3/t14?,15?,17-,19?/m0/s1. The summed E-state index contributed by atoms with van der Waals surface area (Å²) in [6, 6.07) is 3.83. The van der Waals surface area contributed by atoms with Gasteiger partial charge < -0.3 is 14.7 Å². The molecule has 12 nitrogen and oxygen atoms in total. The van der Waals surface area contributed by atoms with Crippen molar-refractivity contribution in [1.82, 2.24) is 39.9 Å². The summed E-state index contributed by atoms with van der Waals surface area (Å²) in [6.45, 7) is 5.39. The highest BCUT2D eigenvalue weighted by Crippen LogP contribution is 2.50. The lowest BCUT2D eigenvalue weighted by molar-refractivity contribution is -0.136. The van der Waals surface area contributed by atoms with Crippen LogP contribution >= 0.6 is 0 Å². The van der Waals surface area contributed by atoms with Crippen molar-refractivity contribution in [2.75, 3.05) is 39.3 Å². The zero-order chi connectivity index (χ0) is 22.7. The van der Waals surface area contributed by atoms with E-state index in [1.165, 1.54) is 11.0 Å². The summed E-state index contributed by atoms with van der Waals surface area (Å²) in [5.74, 6) is 1.11. The summed E-state index contributed by atoms with van der Waals surface area (Å²) >= 11 is 0. The van der Waals surface area contributed by atoms with Gasteiger partial charge in [-0.05, 0) is 35.3 Å². The van der Waals surface area contributed by atoms with E-state index >= 15 is 0 Å². The molecule has 4 aliphatic rings. The van der Waals surface area contributed by atoms with Crippen LogP contribution in [0, 0.1) is 11.8 Å². The highest BCUT2D eigenvalue weighted by Gasteiger charge is 2.60. The Kier molecular flexibility index (Phi) is 4.66. The van der Waals surface area contributed by atoms with Crippen LogP contribution in [0.5, 0.6) is 0 Å². The molecular weight excluding hydrogens is 428 g/mol. The predicted octanol–water partition coefficient (Wildman–Crippen LogP) is -0.411. The Morgan fingerprint density at radius 2 is 2.03 bits per heavy atom. The average molecular weight is 452 g/mol. The number of amides is 2. The van der Waals surface area contributed by atoms with Gasteiger partial charge in [-0.3, -0.25) is 9.80 Å². The van der Waals surface area contributed by atoms with Crippen molar-refractivity contribution in [3.63, 3.8) is 0 Å². The number of hydrogen-bond donors (Lipinski definition) is 1. The Balaban J connectivity index is 1.03. The number of esters is 1. The zero-order valence-corrected chi connectivity index (χ0v) is 18.1. The molecule has 3 atom stereocenters. The van der Waals surface area contributed by atoms with Crippen LogP contribution < -0.4 is 0 Å². The number of rotatable bonds is 6. The fourth-order valence-electron chi connectivity index (χ4n) is 5.37. The third-order valence-corrected chi connectivity index (χ3v) is 7.20. The predicted molar refractivity (Wildman–Crippen MR) is 112 cm³/mol. The van der Waals surface area contributed by atoms with Crippen molar-refractivity contribution >= 4 is 12.0 Å². The molecule has 3 fully saturated rings. The van der Waals surface area contributed by atoms with Gasteiger partial charge in [-0.2, -0.15) is 4.68 Å². The Morgan fingerprint density at radius 1 is 1.21 bits per heavy atom. The lowest BCUT2D eigenvalue weighted by atomic mass is 10.1. The highest BCUT2D eigenvalue weighted by molar-refractivity contribution is 5.92. The van der Waals surface area contributed by atoms with Gasteiger partial charge in [-0.25, -0.2) is 14.6 Å². The van der Waals surface area contributed by atoms with E-state index in [-0.39, 0.29) is 24.6 Å². The van der Waals surface area contributed by atoms with Crippen molar-refractivity contribution in [3.05, 3.63) is 41.5 Å². The number of hydrogen-bond acceptors (Lipinski definition) is 9. The van der Waals surface area contributed by atoms with Crippen molar-refractivity contribution in [3.8, 4) is 5.82 Å². The Labute approximate surface area is 189 Å². The molecule has 2 unspecified atom stereocenters. The number of urea groups is 1. The molecule has 5 heterocycles. The number of tetrazole rings is 1. The third-order valence-electron chi connectivity index (χ3n) is 7.20. The summed E-state index contributed by atoms with van der Waals surface area (Å²) in [5, 5.41) is 21.7. The van der Waals surface area contributed by atoms with Gasteiger partial charge in [0.15, 0.2) is 5.82 Å². The second kappa shape index (κ2) is 7.59. The van der Waals surface area contributed by atoms with Crippen molar-refractivity contribution in [1.29, 1.82) is 0 Å². The maximum atomic E-state index is 13.0. The van der Waals surface area contributed by atoms with E-state index in [2.05, 4.69) is 25.4 Å². The Hall–Kier alpha value is -3.38. The molecule has 0 bridgehead atoms. The Bertz CT molecular complexity index is 1110. The van der Waals surface area contributed by atoms with Crippen LogP contribution in [0.2, 0.25) is 0 Å². The van der Waals surface area contributed by atoms with Gasteiger partial charge in [0.2, 0.25) is 0 Å². The van der Waals surface area contributed by atoms with Gasteiger partial charge in [-0.1, -0.05) is 6.07 Å². The fourth-order valence-corrected chi connectivity index (χ4v) is 5.37. The monoisotopic (exact) mass is 452 g/mol. The molecule has 2 aromatic rings. The van der Waals surface area contributed by atoms with Gasteiger partial charge in [-0.15, -0.1) is 5.10 Å². The molecule has 2 amide bonds. The molecule has 0 spiro atoms. The van der Waals surface area contributed by atoms with Gasteiger partial charge >= 0.3 is 12.0 Å². The second-order valence-electron chi connectivity index (χ2n) is 9.03. The molecule has 6 rings (SSSR count). The van der Waals surface area contributed by atoms with Crippen LogP contribution in [0.4, 0.5) is 4.79 Å². The first-order chi connectivity index (χ1) is 16.0. The fraction of sp³-hybridized carbons (Fsp3) is 0.524. The molecular formula is C21H24N8O4. The van der Waals surface area contributed by atoms with Crippen LogP contribution in [0.3, 0.4) is 0 Å².